The average Bonchev–Trinajstić information content (AvgIpc) is 2.40. The van der Waals surface area contributed by atoms with Gasteiger partial charge in [-0.15, -0.1) is 4.91 Å². The second-order valence-electron chi connectivity index (χ2n) is 2.63. The predicted molar refractivity (Wildman–Crippen MR) is 60.2 cm³/mol. The van der Waals surface area contributed by atoms with E-state index in [9.17, 15) is 14.5 Å². The van der Waals surface area contributed by atoms with Gasteiger partial charge in [0, 0.05) is 12.8 Å². The Morgan fingerprint density at radius 2 is 1.72 bits per heavy atom. The van der Waals surface area contributed by atoms with E-state index < -0.39 is 22.3 Å². The van der Waals surface area contributed by atoms with E-state index in [2.05, 4.69) is 19.9 Å². The van der Waals surface area contributed by atoms with Crippen LogP contribution in [0.4, 0.5) is 0 Å². The lowest BCUT2D eigenvalue weighted by molar-refractivity contribution is -0.468. The highest BCUT2D eigenvalue weighted by atomic mass is 35.5. The number of hydroxylamine groups is 2. The molecule has 0 aliphatic carbocycles. The third-order valence-electron chi connectivity index (χ3n) is 1.37. The van der Waals surface area contributed by atoms with Crippen LogP contribution in [0.5, 0.6) is 0 Å². The van der Waals surface area contributed by atoms with Gasteiger partial charge >= 0.3 is 11.9 Å². The Bertz CT molecular complexity index is 359. The molecule has 0 bridgehead atoms. The Kier molecular flexibility index (Phi) is 8.01. The molecule has 0 radical (unpaired) electrons. The molecular weight excluding hydrogens is 291 g/mol. The van der Waals surface area contributed by atoms with E-state index >= 15 is 0 Å². The maximum Gasteiger partial charge on any atom is 0.344 e. The van der Waals surface area contributed by atoms with Crippen LogP contribution >= 0.6 is 23.2 Å². The van der Waals surface area contributed by atoms with Crippen LogP contribution in [0.3, 0.4) is 0 Å². The third kappa shape index (κ3) is 5.80. The summed E-state index contributed by atoms with van der Waals surface area (Å²) in [4.78, 5) is 45.0. The van der Waals surface area contributed by atoms with Crippen molar-refractivity contribution in [3.63, 3.8) is 0 Å². The molecular formula is C8H10Cl2N2O6. The van der Waals surface area contributed by atoms with Crippen LogP contribution in [0, 0.1) is 4.91 Å². The normalized spacial score (nSPS) is 11.3. The highest BCUT2D eigenvalue weighted by Gasteiger charge is 2.21. The number of carbonyl (C=O) groups is 2. The van der Waals surface area contributed by atoms with Gasteiger partial charge in [-0.2, -0.15) is 0 Å². The Balaban J connectivity index is 4.77. The molecule has 0 amide bonds. The summed E-state index contributed by atoms with van der Waals surface area (Å²) >= 11 is 10.8. The molecule has 0 aromatic carbocycles. The van der Waals surface area contributed by atoms with E-state index in [4.69, 9.17) is 23.2 Å². The summed E-state index contributed by atoms with van der Waals surface area (Å²) in [6.45, 7) is 3.00. The van der Waals surface area contributed by atoms with Crippen molar-refractivity contribution >= 4 is 35.1 Å². The highest BCUT2D eigenvalue weighted by molar-refractivity contribution is 6.38. The van der Waals surface area contributed by atoms with Gasteiger partial charge in [0.1, 0.15) is 0 Å². The minimum Gasteiger partial charge on any atom is -0.311 e. The maximum absolute atomic E-state index is 11.0. The van der Waals surface area contributed by atoms with Gasteiger partial charge in [-0.05, 0) is 15.4 Å². The van der Waals surface area contributed by atoms with Crippen molar-refractivity contribution < 1.29 is 24.3 Å². The fourth-order valence-electron chi connectivity index (χ4n) is 0.492. The first-order valence-corrected chi connectivity index (χ1v) is 5.48. The van der Waals surface area contributed by atoms with Crippen molar-refractivity contribution in [2.24, 2.45) is 5.18 Å². The van der Waals surface area contributed by atoms with E-state index in [0.717, 1.165) is 0 Å². The van der Waals surface area contributed by atoms with E-state index in [0.29, 0.717) is 0 Å². The van der Waals surface area contributed by atoms with Crippen LogP contribution in [-0.4, -0.2) is 17.2 Å². The molecule has 0 fully saturated rings. The zero-order valence-electron chi connectivity index (χ0n) is 9.51. The number of hydrogen-bond donors (Lipinski definition) is 0. The van der Waals surface area contributed by atoms with Gasteiger partial charge in [0.2, 0.25) is 10.3 Å². The first-order valence-electron chi connectivity index (χ1n) is 4.73. The lowest BCUT2D eigenvalue weighted by atomic mass is 10.5. The summed E-state index contributed by atoms with van der Waals surface area (Å²) < 4.78 is 0. The average molecular weight is 301 g/mol. The minimum absolute atomic E-state index is 0.0105. The molecule has 10 heteroatoms. The lowest BCUT2D eigenvalue weighted by Crippen LogP contribution is -2.27. The van der Waals surface area contributed by atoms with Crippen LogP contribution in [-0.2, 0) is 24.3 Å². The molecule has 0 rings (SSSR count). The molecule has 0 aliphatic heterocycles. The molecule has 0 saturated carbocycles. The summed E-state index contributed by atoms with van der Waals surface area (Å²) in [7, 11) is 0. The van der Waals surface area contributed by atoms with Crippen molar-refractivity contribution in [3.8, 4) is 0 Å². The summed E-state index contributed by atoms with van der Waals surface area (Å²) in [6.07, 6.45) is -0.00551. The van der Waals surface area contributed by atoms with Crippen LogP contribution < -0.4 is 0 Å². The van der Waals surface area contributed by atoms with Crippen molar-refractivity contribution in [3.05, 3.63) is 15.2 Å². The fraction of sp³-hybridized carbons (Fsp3) is 0.500. The Morgan fingerprint density at radius 1 is 1.17 bits per heavy atom. The van der Waals surface area contributed by atoms with Crippen LogP contribution in [0.2, 0.25) is 0 Å². The quantitative estimate of drug-likeness (QED) is 0.308. The Labute approximate surface area is 112 Å². The monoisotopic (exact) mass is 300 g/mol. The molecule has 0 saturated heterocycles. The lowest BCUT2D eigenvalue weighted by Gasteiger charge is -2.17. The molecule has 0 aliphatic rings. The molecule has 0 atom stereocenters. The second-order valence-corrected chi connectivity index (χ2v) is 3.35. The smallest absolute Gasteiger partial charge is 0.311 e. The van der Waals surface area contributed by atoms with Gasteiger partial charge < -0.3 is 4.84 Å². The first-order chi connectivity index (χ1) is 8.46. The van der Waals surface area contributed by atoms with Crippen LogP contribution in [0.1, 0.15) is 26.7 Å². The molecule has 0 spiro atoms. The number of rotatable bonds is 7. The van der Waals surface area contributed by atoms with E-state index in [-0.39, 0.29) is 18.1 Å². The zero-order valence-corrected chi connectivity index (χ0v) is 11.0. The van der Waals surface area contributed by atoms with Gasteiger partial charge in [0.05, 0.1) is 0 Å². The molecule has 0 aromatic heterocycles. The van der Waals surface area contributed by atoms with E-state index in [1.807, 2.05) is 0 Å². The summed E-state index contributed by atoms with van der Waals surface area (Å²) in [5.74, 6) is -1.52. The van der Waals surface area contributed by atoms with Crippen molar-refractivity contribution in [1.29, 1.82) is 0 Å². The van der Waals surface area contributed by atoms with Gasteiger partial charge in [0.25, 0.3) is 0 Å². The topological polar surface area (TPSA) is 94.5 Å². The number of nitrogens with zero attached hydrogens (tertiary/aromatic N) is 2. The van der Waals surface area contributed by atoms with Gasteiger partial charge in [-0.25, -0.2) is 9.59 Å². The van der Waals surface area contributed by atoms with Gasteiger partial charge in [0.15, 0.2) is 0 Å². The standard InChI is InChI=1S/C8H10Cl2N2O6/c1-3-5(13)16-12(8(10)7(9)11-15)18-17-6(14)4-2/h3-4H2,1-2H3/b8-7+. The predicted octanol–water partition coefficient (Wildman–Crippen LogP) is 2.33. The molecule has 102 valence electrons. The molecule has 0 unspecified atom stereocenters. The summed E-state index contributed by atoms with van der Waals surface area (Å²) in [6, 6.07) is 0. The summed E-state index contributed by atoms with van der Waals surface area (Å²) in [5, 5.41) is 1.06. The minimum atomic E-state index is -0.768. The van der Waals surface area contributed by atoms with E-state index in [1.54, 1.807) is 0 Å². The molecule has 0 N–H and O–H groups in total. The molecule has 8 nitrogen and oxygen atoms in total. The van der Waals surface area contributed by atoms with Crippen molar-refractivity contribution in [2.45, 2.75) is 26.7 Å². The van der Waals surface area contributed by atoms with Gasteiger partial charge in [-0.1, -0.05) is 37.0 Å². The molecule has 0 heterocycles. The van der Waals surface area contributed by atoms with Crippen LogP contribution in [0.15, 0.2) is 15.5 Å². The Hall–Kier alpha value is -1.38. The highest BCUT2D eigenvalue weighted by Crippen LogP contribution is 2.20. The second kappa shape index (κ2) is 8.67. The maximum atomic E-state index is 11.0. The van der Waals surface area contributed by atoms with Gasteiger partial charge in [-0.3, -0.25) is 4.89 Å². The number of hydrogen-bond acceptors (Lipinski definition) is 8. The van der Waals surface area contributed by atoms with Crippen molar-refractivity contribution in [1.82, 2.24) is 5.23 Å². The third-order valence-corrected chi connectivity index (χ3v) is 2.03. The van der Waals surface area contributed by atoms with E-state index in [1.165, 1.54) is 13.8 Å². The zero-order chi connectivity index (χ0) is 14.1. The molecule has 0 aromatic rings. The number of halogens is 2. The number of nitroso groups, excluding NO2 is 1. The summed E-state index contributed by atoms with van der Waals surface area (Å²) in [5.41, 5.74) is 0. The first kappa shape index (κ1) is 16.6. The SMILES string of the molecule is CCC(=O)OON(OC(=O)CC)/C(Cl)=C(\Cl)N=O. The fourth-order valence-corrected chi connectivity index (χ4v) is 0.659. The van der Waals surface area contributed by atoms with Crippen molar-refractivity contribution in [2.75, 3.05) is 0 Å². The van der Waals surface area contributed by atoms with Crippen LogP contribution in [0.25, 0.3) is 0 Å². The Morgan fingerprint density at radius 3 is 2.17 bits per heavy atom. The largest absolute Gasteiger partial charge is 0.344 e. The number of carbonyl (C=O) groups excluding carboxylic acids is 2. The molecule has 18 heavy (non-hydrogen) atoms.